The van der Waals surface area contributed by atoms with Crippen LogP contribution in [-0.2, 0) is 14.2 Å². The number of aliphatic hydroxyl groups excluding tert-OH is 1. The molecule has 0 aromatic heterocycles. The summed E-state index contributed by atoms with van der Waals surface area (Å²) < 4.78 is 16.1. The molecule has 0 aromatic carbocycles. The molecule has 0 bridgehead atoms. The highest BCUT2D eigenvalue weighted by Gasteiger charge is 2.47. The number of ether oxygens (including phenoxy) is 3. The van der Waals surface area contributed by atoms with Crippen LogP contribution in [0.5, 0.6) is 0 Å². The third-order valence-corrected chi connectivity index (χ3v) is 3.68. The average molecular weight is 263 g/mol. The summed E-state index contributed by atoms with van der Waals surface area (Å²) in [7, 11) is 2.86. The van der Waals surface area contributed by atoms with Gasteiger partial charge in [-0.15, -0.1) is 0 Å². The Bertz CT molecular complexity index is 261. The third kappa shape index (κ3) is 3.40. The van der Waals surface area contributed by atoms with Gasteiger partial charge < -0.3 is 29.7 Å². The summed E-state index contributed by atoms with van der Waals surface area (Å²) >= 11 is 0. The van der Waals surface area contributed by atoms with Crippen LogP contribution in [0.3, 0.4) is 0 Å². The van der Waals surface area contributed by atoms with Gasteiger partial charge >= 0.3 is 0 Å². The maximum atomic E-state index is 10.2. The topological polar surface area (TPSA) is 80.2 Å². The van der Waals surface area contributed by atoms with Crippen molar-refractivity contribution in [2.75, 3.05) is 33.9 Å². The molecular formula is C12H25NO5. The van der Waals surface area contributed by atoms with E-state index >= 15 is 0 Å². The summed E-state index contributed by atoms with van der Waals surface area (Å²) in [5.74, 6) is -2.64. The first-order valence-electron chi connectivity index (χ1n) is 6.20. The van der Waals surface area contributed by atoms with Gasteiger partial charge in [-0.25, -0.2) is 0 Å². The van der Waals surface area contributed by atoms with Gasteiger partial charge in [-0.05, 0) is 26.2 Å². The molecule has 1 aliphatic heterocycles. The van der Waals surface area contributed by atoms with Crippen molar-refractivity contribution in [1.82, 2.24) is 5.32 Å². The summed E-state index contributed by atoms with van der Waals surface area (Å²) in [6.45, 7) is 4.70. The number of nitrogens with one attached hydrogen (secondary N) is 1. The molecule has 6 heteroatoms. The first-order chi connectivity index (χ1) is 8.38. The van der Waals surface area contributed by atoms with E-state index in [4.69, 9.17) is 19.3 Å². The Morgan fingerprint density at radius 1 is 1.22 bits per heavy atom. The van der Waals surface area contributed by atoms with Gasteiger partial charge in [0.05, 0.1) is 6.10 Å². The van der Waals surface area contributed by atoms with Gasteiger partial charge in [0.15, 0.2) is 0 Å². The summed E-state index contributed by atoms with van der Waals surface area (Å²) in [4.78, 5) is 0. The summed E-state index contributed by atoms with van der Waals surface area (Å²) in [6.07, 6.45) is 0.588. The second kappa shape index (κ2) is 6.27. The minimum absolute atomic E-state index is 0.122. The zero-order valence-electron chi connectivity index (χ0n) is 11.6. The molecule has 0 radical (unpaired) electrons. The van der Waals surface area contributed by atoms with Crippen LogP contribution in [0.1, 0.15) is 20.3 Å². The molecule has 6 nitrogen and oxygen atoms in total. The van der Waals surface area contributed by atoms with E-state index in [9.17, 15) is 5.11 Å². The minimum atomic E-state index is -1.55. The predicted octanol–water partition coefficient (Wildman–Crippen LogP) is -0.309. The van der Waals surface area contributed by atoms with Gasteiger partial charge in [0.25, 0.3) is 0 Å². The largest absolute Gasteiger partial charge is 0.396 e. The van der Waals surface area contributed by atoms with Gasteiger partial charge in [-0.2, -0.15) is 0 Å². The van der Waals surface area contributed by atoms with Crippen LogP contribution in [0, 0.1) is 5.92 Å². The second-order valence-corrected chi connectivity index (χ2v) is 5.02. The number of methoxy groups -OCH3 is 2. The molecule has 18 heavy (non-hydrogen) atoms. The van der Waals surface area contributed by atoms with E-state index in [0.717, 1.165) is 13.0 Å². The predicted molar refractivity (Wildman–Crippen MR) is 66.0 cm³/mol. The fourth-order valence-corrected chi connectivity index (χ4v) is 2.07. The van der Waals surface area contributed by atoms with Crippen molar-refractivity contribution in [2.24, 2.45) is 5.92 Å². The van der Waals surface area contributed by atoms with Crippen LogP contribution in [0.2, 0.25) is 0 Å². The minimum Gasteiger partial charge on any atom is -0.396 e. The number of aliphatic hydroxyl groups is 2. The number of hydrogen-bond acceptors (Lipinski definition) is 6. The number of rotatable bonds is 6. The molecule has 0 spiro atoms. The monoisotopic (exact) mass is 263 g/mol. The lowest BCUT2D eigenvalue weighted by atomic mass is 9.98. The Kier molecular flexibility index (Phi) is 5.51. The molecule has 0 aliphatic carbocycles. The van der Waals surface area contributed by atoms with Crippen LogP contribution in [-0.4, -0.2) is 61.8 Å². The van der Waals surface area contributed by atoms with Crippen LogP contribution < -0.4 is 5.32 Å². The lowest BCUT2D eigenvalue weighted by Gasteiger charge is -2.43. The smallest absolute Gasteiger partial charge is 0.220 e. The maximum absolute atomic E-state index is 10.2. The molecule has 4 atom stereocenters. The third-order valence-electron chi connectivity index (χ3n) is 3.68. The fourth-order valence-electron chi connectivity index (χ4n) is 2.07. The lowest BCUT2D eigenvalue weighted by Crippen LogP contribution is -2.58. The van der Waals surface area contributed by atoms with Gasteiger partial charge in [0.2, 0.25) is 11.6 Å². The number of piperidine rings is 1. The van der Waals surface area contributed by atoms with E-state index < -0.39 is 11.6 Å². The van der Waals surface area contributed by atoms with Crippen molar-refractivity contribution in [3.05, 3.63) is 0 Å². The quantitative estimate of drug-likeness (QED) is 0.571. The first kappa shape index (κ1) is 15.8. The molecule has 1 fully saturated rings. The van der Waals surface area contributed by atoms with E-state index in [2.05, 4.69) is 5.32 Å². The Morgan fingerprint density at radius 2 is 1.89 bits per heavy atom. The van der Waals surface area contributed by atoms with E-state index in [1.54, 1.807) is 6.92 Å². The highest BCUT2D eigenvalue weighted by molar-refractivity contribution is 4.84. The van der Waals surface area contributed by atoms with Crippen LogP contribution in [0.25, 0.3) is 0 Å². The zero-order valence-corrected chi connectivity index (χ0v) is 11.6. The molecule has 1 rings (SSSR count). The molecule has 108 valence electrons. The molecule has 1 saturated heterocycles. The highest BCUT2D eigenvalue weighted by atomic mass is 16.8. The fraction of sp³-hybridized carbons (Fsp3) is 1.00. The molecule has 0 amide bonds. The van der Waals surface area contributed by atoms with Crippen molar-refractivity contribution in [1.29, 1.82) is 0 Å². The Hall–Kier alpha value is -0.240. The molecule has 1 aliphatic rings. The highest BCUT2D eigenvalue weighted by Crippen LogP contribution is 2.30. The molecule has 0 saturated carbocycles. The molecule has 0 aromatic rings. The molecule has 1 unspecified atom stereocenters. The lowest BCUT2D eigenvalue weighted by molar-refractivity contribution is -0.383. The number of hydrogen-bond donors (Lipinski definition) is 3. The molecular weight excluding hydrogens is 238 g/mol. The SMILES string of the molecule is COC(C)(O)[C@@](C)(OC)O[C@@H]1CNC[C@H](CO)C1. The van der Waals surface area contributed by atoms with E-state index in [1.165, 1.54) is 21.1 Å². The van der Waals surface area contributed by atoms with Crippen LogP contribution in [0.4, 0.5) is 0 Å². The van der Waals surface area contributed by atoms with Gasteiger partial charge in [-0.1, -0.05) is 0 Å². The van der Waals surface area contributed by atoms with E-state index in [1.807, 2.05) is 0 Å². The summed E-state index contributed by atoms with van der Waals surface area (Å²) in [5.41, 5.74) is 0. The normalized spacial score (nSPS) is 31.7. The molecule has 3 N–H and O–H groups in total. The zero-order chi connectivity index (χ0) is 13.8. The van der Waals surface area contributed by atoms with Crippen LogP contribution in [0.15, 0.2) is 0 Å². The first-order valence-corrected chi connectivity index (χ1v) is 6.20. The van der Waals surface area contributed by atoms with E-state index in [0.29, 0.717) is 6.54 Å². The van der Waals surface area contributed by atoms with E-state index in [-0.39, 0.29) is 18.6 Å². The standard InChI is InChI=1S/C12H25NO5/c1-11(15,16-3)12(2,17-4)18-10-5-9(8-14)6-13-7-10/h9-10,13-15H,5-8H2,1-4H3/t9-,10+,11?,12+/m1/s1. The van der Waals surface area contributed by atoms with Crippen molar-refractivity contribution in [3.8, 4) is 0 Å². The Morgan fingerprint density at radius 3 is 2.39 bits per heavy atom. The average Bonchev–Trinajstić information content (AvgIpc) is 2.38. The summed E-state index contributed by atoms with van der Waals surface area (Å²) in [5, 5.41) is 22.5. The van der Waals surface area contributed by atoms with Gasteiger partial charge in [0, 0.05) is 33.9 Å². The van der Waals surface area contributed by atoms with Crippen molar-refractivity contribution < 1.29 is 24.4 Å². The van der Waals surface area contributed by atoms with Gasteiger partial charge in [-0.3, -0.25) is 0 Å². The van der Waals surface area contributed by atoms with Gasteiger partial charge in [0.1, 0.15) is 0 Å². The van der Waals surface area contributed by atoms with Crippen molar-refractivity contribution in [3.63, 3.8) is 0 Å². The van der Waals surface area contributed by atoms with Crippen molar-refractivity contribution in [2.45, 2.75) is 37.9 Å². The maximum Gasteiger partial charge on any atom is 0.220 e. The summed E-state index contributed by atoms with van der Waals surface area (Å²) in [6, 6.07) is 0. The second-order valence-electron chi connectivity index (χ2n) is 5.02. The Balaban J connectivity index is 2.67. The Labute approximate surface area is 108 Å². The molecule has 1 heterocycles. The van der Waals surface area contributed by atoms with Crippen LogP contribution >= 0.6 is 0 Å². The van der Waals surface area contributed by atoms with Crippen molar-refractivity contribution >= 4 is 0 Å².